The Morgan fingerprint density at radius 3 is 2.74 bits per heavy atom. The fraction of sp³-hybridized carbons (Fsp3) is 0.500. The highest BCUT2D eigenvalue weighted by molar-refractivity contribution is 5.96. The van der Waals surface area contributed by atoms with E-state index in [4.69, 9.17) is 10.8 Å². The average Bonchev–Trinajstić information content (AvgIpc) is 2.30. The van der Waals surface area contributed by atoms with E-state index in [9.17, 15) is 9.18 Å². The molecular weight excluding hydrogens is 247 g/mol. The van der Waals surface area contributed by atoms with E-state index >= 15 is 0 Å². The van der Waals surface area contributed by atoms with E-state index in [2.05, 4.69) is 0 Å². The molecule has 0 heterocycles. The Bertz CT molecular complexity index is 487. The number of rotatable bonds is 4. The molecule has 1 fully saturated rings. The van der Waals surface area contributed by atoms with Gasteiger partial charge in [-0.1, -0.05) is 0 Å². The maximum absolute atomic E-state index is 14.1. The van der Waals surface area contributed by atoms with E-state index in [0.29, 0.717) is 11.3 Å². The van der Waals surface area contributed by atoms with Crippen molar-refractivity contribution in [3.63, 3.8) is 0 Å². The number of anilines is 1. The topological polar surface area (TPSA) is 66.6 Å². The van der Waals surface area contributed by atoms with E-state index < -0.39 is 5.82 Å². The van der Waals surface area contributed by atoms with Gasteiger partial charge in [-0.2, -0.15) is 0 Å². The van der Waals surface area contributed by atoms with Gasteiger partial charge in [0.15, 0.2) is 0 Å². The number of amides is 1. The quantitative estimate of drug-likeness (QED) is 0.815. The molecule has 1 aliphatic rings. The van der Waals surface area contributed by atoms with Crippen LogP contribution < -0.4 is 5.73 Å². The molecule has 0 radical (unpaired) electrons. The summed E-state index contributed by atoms with van der Waals surface area (Å²) in [6, 6.07) is 2.99. The van der Waals surface area contributed by atoms with Crippen molar-refractivity contribution in [2.45, 2.75) is 32.2 Å². The third-order valence-corrected chi connectivity index (χ3v) is 3.62. The van der Waals surface area contributed by atoms with Gasteiger partial charge in [0.05, 0.1) is 12.2 Å². The summed E-state index contributed by atoms with van der Waals surface area (Å²) in [5.41, 5.74) is 6.41. The minimum absolute atomic E-state index is 0.00199. The third kappa shape index (κ3) is 2.71. The number of benzene rings is 1. The number of carbonyl (C=O) groups is 1. The van der Waals surface area contributed by atoms with Crippen LogP contribution in [-0.4, -0.2) is 35.1 Å². The molecule has 1 aliphatic carbocycles. The Labute approximate surface area is 112 Å². The van der Waals surface area contributed by atoms with Gasteiger partial charge in [-0.05, 0) is 43.9 Å². The minimum atomic E-state index is -0.526. The lowest BCUT2D eigenvalue weighted by Gasteiger charge is -2.37. The van der Waals surface area contributed by atoms with Crippen LogP contribution >= 0.6 is 0 Å². The average molecular weight is 266 g/mol. The Morgan fingerprint density at radius 1 is 1.53 bits per heavy atom. The highest BCUT2D eigenvalue weighted by Crippen LogP contribution is 2.27. The van der Waals surface area contributed by atoms with Crippen LogP contribution in [0.2, 0.25) is 0 Å². The fourth-order valence-electron chi connectivity index (χ4n) is 2.36. The van der Waals surface area contributed by atoms with Crippen LogP contribution in [0.4, 0.5) is 10.1 Å². The molecule has 0 bridgehead atoms. The van der Waals surface area contributed by atoms with Crippen molar-refractivity contribution in [1.29, 1.82) is 0 Å². The molecule has 1 saturated carbocycles. The first kappa shape index (κ1) is 13.8. The summed E-state index contributed by atoms with van der Waals surface area (Å²) in [5.74, 6) is -0.909. The van der Waals surface area contributed by atoms with E-state index in [-0.39, 0.29) is 30.7 Å². The molecule has 104 valence electrons. The van der Waals surface area contributed by atoms with Crippen molar-refractivity contribution < 1.29 is 14.3 Å². The van der Waals surface area contributed by atoms with Crippen LogP contribution in [0.1, 0.15) is 35.2 Å². The maximum atomic E-state index is 14.1. The van der Waals surface area contributed by atoms with E-state index in [1.54, 1.807) is 11.8 Å². The van der Waals surface area contributed by atoms with Gasteiger partial charge in [-0.25, -0.2) is 4.39 Å². The lowest BCUT2D eigenvalue weighted by Crippen LogP contribution is -2.46. The van der Waals surface area contributed by atoms with Crippen molar-refractivity contribution in [2.24, 2.45) is 0 Å². The van der Waals surface area contributed by atoms with E-state index in [1.165, 1.54) is 12.1 Å². The molecule has 2 rings (SSSR count). The number of aliphatic hydroxyl groups is 1. The zero-order valence-electron chi connectivity index (χ0n) is 11.0. The minimum Gasteiger partial charge on any atom is -0.399 e. The van der Waals surface area contributed by atoms with Gasteiger partial charge in [-0.15, -0.1) is 0 Å². The first-order valence-electron chi connectivity index (χ1n) is 6.52. The van der Waals surface area contributed by atoms with Crippen molar-refractivity contribution >= 4 is 11.6 Å². The van der Waals surface area contributed by atoms with Crippen molar-refractivity contribution in [3.8, 4) is 0 Å². The summed E-state index contributed by atoms with van der Waals surface area (Å²) < 4.78 is 14.1. The van der Waals surface area contributed by atoms with Gasteiger partial charge >= 0.3 is 0 Å². The third-order valence-electron chi connectivity index (χ3n) is 3.62. The van der Waals surface area contributed by atoms with Crippen molar-refractivity contribution in [2.75, 3.05) is 18.9 Å². The molecule has 0 spiro atoms. The number of aliphatic hydroxyl groups excluding tert-OH is 1. The first-order chi connectivity index (χ1) is 9.04. The lowest BCUT2D eigenvalue weighted by atomic mass is 9.90. The molecule has 1 amide bonds. The van der Waals surface area contributed by atoms with Gasteiger partial charge in [0.25, 0.3) is 5.91 Å². The summed E-state index contributed by atoms with van der Waals surface area (Å²) >= 11 is 0. The second-order valence-electron chi connectivity index (χ2n) is 5.01. The summed E-state index contributed by atoms with van der Waals surface area (Å²) in [6.07, 6.45) is 2.89. The molecule has 5 heteroatoms. The SMILES string of the molecule is Cc1cc(N)cc(C(=O)N(CCO)C2CCC2)c1F. The molecule has 0 saturated heterocycles. The van der Waals surface area contributed by atoms with Gasteiger partial charge in [0, 0.05) is 18.3 Å². The van der Waals surface area contributed by atoms with Crippen LogP contribution in [-0.2, 0) is 0 Å². The van der Waals surface area contributed by atoms with Gasteiger partial charge in [0.1, 0.15) is 5.82 Å². The van der Waals surface area contributed by atoms with Crippen molar-refractivity contribution in [3.05, 3.63) is 29.1 Å². The molecule has 1 aromatic rings. The molecule has 4 nitrogen and oxygen atoms in total. The molecule has 0 unspecified atom stereocenters. The molecule has 0 aromatic heterocycles. The van der Waals surface area contributed by atoms with E-state index in [0.717, 1.165) is 19.3 Å². The van der Waals surface area contributed by atoms with Crippen LogP contribution in [0.25, 0.3) is 0 Å². The first-order valence-corrected chi connectivity index (χ1v) is 6.52. The Kier molecular flexibility index (Phi) is 4.04. The molecule has 0 aliphatic heterocycles. The molecule has 1 aromatic carbocycles. The Morgan fingerprint density at radius 2 is 2.21 bits per heavy atom. The summed E-state index contributed by atoms with van der Waals surface area (Å²) in [5, 5.41) is 9.07. The Hall–Kier alpha value is -1.62. The predicted octanol–water partition coefficient (Wildman–Crippen LogP) is 1.70. The van der Waals surface area contributed by atoms with Crippen LogP contribution in [0.3, 0.4) is 0 Å². The maximum Gasteiger partial charge on any atom is 0.257 e. The van der Waals surface area contributed by atoms with Crippen LogP contribution in [0, 0.1) is 12.7 Å². The van der Waals surface area contributed by atoms with Crippen LogP contribution in [0.5, 0.6) is 0 Å². The standard InChI is InChI=1S/C14H19FN2O2/c1-9-7-10(16)8-12(13(9)15)14(19)17(5-6-18)11-3-2-4-11/h7-8,11,18H,2-6,16H2,1H3. The summed E-state index contributed by atoms with van der Waals surface area (Å²) in [7, 11) is 0. The van der Waals surface area contributed by atoms with Gasteiger partial charge in [0.2, 0.25) is 0 Å². The van der Waals surface area contributed by atoms with Crippen molar-refractivity contribution in [1.82, 2.24) is 4.90 Å². The van der Waals surface area contributed by atoms with E-state index in [1.807, 2.05) is 0 Å². The largest absolute Gasteiger partial charge is 0.399 e. The normalized spacial score (nSPS) is 15.1. The highest BCUT2D eigenvalue weighted by Gasteiger charge is 2.30. The summed E-state index contributed by atoms with van der Waals surface area (Å²) in [6.45, 7) is 1.70. The number of aryl methyl sites for hydroxylation is 1. The number of nitrogens with zero attached hydrogens (tertiary/aromatic N) is 1. The second kappa shape index (κ2) is 5.57. The lowest BCUT2D eigenvalue weighted by molar-refractivity contribution is 0.0521. The smallest absolute Gasteiger partial charge is 0.257 e. The second-order valence-corrected chi connectivity index (χ2v) is 5.01. The Balaban J connectivity index is 2.30. The zero-order chi connectivity index (χ0) is 14.0. The number of nitrogens with two attached hydrogens (primary N) is 1. The zero-order valence-corrected chi connectivity index (χ0v) is 11.0. The number of hydrogen-bond acceptors (Lipinski definition) is 3. The molecular formula is C14H19FN2O2. The molecule has 3 N–H and O–H groups in total. The number of hydrogen-bond donors (Lipinski definition) is 2. The predicted molar refractivity (Wildman–Crippen MR) is 71.3 cm³/mol. The number of carbonyl (C=O) groups excluding carboxylic acids is 1. The van der Waals surface area contributed by atoms with Gasteiger partial charge < -0.3 is 15.7 Å². The summed E-state index contributed by atoms with van der Waals surface area (Å²) in [4.78, 5) is 14.0. The molecule has 0 atom stereocenters. The monoisotopic (exact) mass is 266 g/mol. The number of halogens is 1. The molecule has 19 heavy (non-hydrogen) atoms. The fourth-order valence-corrected chi connectivity index (χ4v) is 2.36. The van der Waals surface area contributed by atoms with Crippen LogP contribution in [0.15, 0.2) is 12.1 Å². The highest BCUT2D eigenvalue weighted by atomic mass is 19.1. The number of nitrogen functional groups attached to an aromatic ring is 1. The van der Waals surface area contributed by atoms with Gasteiger partial charge in [-0.3, -0.25) is 4.79 Å².